The number of nitrogens with zero attached hydrogens (tertiary/aromatic N) is 1. The summed E-state index contributed by atoms with van der Waals surface area (Å²) in [5, 5.41) is 12.0. The summed E-state index contributed by atoms with van der Waals surface area (Å²) in [5.41, 5.74) is -0.0635. The van der Waals surface area contributed by atoms with Crippen LogP contribution < -0.4 is 16.2 Å². The minimum Gasteiger partial charge on any atom is -0.350 e. The third-order valence-electron chi connectivity index (χ3n) is 2.86. The fraction of sp³-hybridized carbons (Fsp3) is 0.545. The van der Waals surface area contributed by atoms with Crippen LogP contribution in [0.5, 0.6) is 0 Å². The van der Waals surface area contributed by atoms with Gasteiger partial charge in [0.1, 0.15) is 5.69 Å². The second-order valence-electron chi connectivity index (χ2n) is 4.23. The van der Waals surface area contributed by atoms with Crippen molar-refractivity contribution in [3.8, 4) is 0 Å². The van der Waals surface area contributed by atoms with Crippen molar-refractivity contribution >= 4 is 5.91 Å². The molecule has 1 aliphatic rings. The van der Waals surface area contributed by atoms with Gasteiger partial charge in [0, 0.05) is 12.6 Å². The number of nitrogens with one attached hydrogen (secondary N) is 3. The molecule has 1 unspecified atom stereocenters. The van der Waals surface area contributed by atoms with Gasteiger partial charge in [-0.1, -0.05) is 0 Å². The minimum absolute atomic E-state index is 0.244. The third-order valence-corrected chi connectivity index (χ3v) is 2.86. The molecule has 0 spiro atoms. The largest absolute Gasteiger partial charge is 0.350 e. The first-order valence-electron chi connectivity index (χ1n) is 5.80. The fourth-order valence-corrected chi connectivity index (χ4v) is 1.90. The predicted octanol–water partition coefficient (Wildman–Crippen LogP) is -0.501. The molecule has 1 aliphatic heterocycles. The second kappa shape index (κ2) is 5.58. The Morgan fingerprint density at radius 1 is 1.53 bits per heavy atom. The molecular formula is C11H16N4O2. The van der Waals surface area contributed by atoms with Crippen LogP contribution in [0, 0.1) is 5.92 Å². The topological polar surface area (TPSA) is 86.9 Å². The molecule has 1 aromatic heterocycles. The minimum atomic E-state index is -0.307. The molecule has 0 saturated carbocycles. The Morgan fingerprint density at radius 3 is 3.06 bits per heavy atom. The average molecular weight is 236 g/mol. The van der Waals surface area contributed by atoms with Crippen molar-refractivity contribution in [3.05, 3.63) is 28.2 Å². The van der Waals surface area contributed by atoms with E-state index in [9.17, 15) is 9.59 Å². The molecule has 6 nitrogen and oxygen atoms in total. The zero-order valence-corrected chi connectivity index (χ0v) is 9.53. The Labute approximate surface area is 98.8 Å². The number of amides is 1. The van der Waals surface area contributed by atoms with E-state index in [-0.39, 0.29) is 17.2 Å². The summed E-state index contributed by atoms with van der Waals surface area (Å²) in [6.45, 7) is 2.65. The van der Waals surface area contributed by atoms with Crippen LogP contribution in [-0.2, 0) is 0 Å². The van der Waals surface area contributed by atoms with Gasteiger partial charge in [0.2, 0.25) is 0 Å². The van der Waals surface area contributed by atoms with Crippen molar-refractivity contribution in [2.24, 2.45) is 5.92 Å². The van der Waals surface area contributed by atoms with Crippen molar-refractivity contribution < 1.29 is 4.79 Å². The molecule has 1 saturated heterocycles. The molecule has 2 rings (SSSR count). The quantitative estimate of drug-likeness (QED) is 0.660. The molecule has 0 bridgehead atoms. The molecular weight excluding hydrogens is 220 g/mol. The van der Waals surface area contributed by atoms with Crippen molar-refractivity contribution in [2.75, 3.05) is 19.6 Å². The second-order valence-corrected chi connectivity index (χ2v) is 4.23. The molecule has 6 heteroatoms. The van der Waals surface area contributed by atoms with Crippen molar-refractivity contribution in [1.29, 1.82) is 0 Å². The van der Waals surface area contributed by atoms with E-state index >= 15 is 0 Å². The number of hydrogen-bond donors (Lipinski definition) is 3. The Kier molecular flexibility index (Phi) is 3.87. The molecule has 1 atom stereocenters. The number of carbonyl (C=O) groups excluding carboxylic acids is 1. The lowest BCUT2D eigenvalue weighted by molar-refractivity contribution is 0.0938. The summed E-state index contributed by atoms with van der Waals surface area (Å²) < 4.78 is 0. The number of piperidine rings is 1. The van der Waals surface area contributed by atoms with Gasteiger partial charge in [-0.05, 0) is 37.9 Å². The molecule has 3 N–H and O–H groups in total. The molecule has 1 aromatic rings. The van der Waals surface area contributed by atoms with E-state index in [1.165, 1.54) is 12.1 Å². The number of hydrogen-bond acceptors (Lipinski definition) is 4. The molecule has 2 heterocycles. The summed E-state index contributed by atoms with van der Waals surface area (Å²) in [4.78, 5) is 22.5. The highest BCUT2D eigenvalue weighted by molar-refractivity contribution is 5.91. The van der Waals surface area contributed by atoms with Gasteiger partial charge in [-0.3, -0.25) is 9.59 Å². The van der Waals surface area contributed by atoms with Crippen LogP contribution in [0.1, 0.15) is 23.3 Å². The van der Waals surface area contributed by atoms with Crippen LogP contribution in [0.3, 0.4) is 0 Å². The first kappa shape index (κ1) is 11.8. The lowest BCUT2D eigenvalue weighted by Crippen LogP contribution is -2.38. The molecule has 17 heavy (non-hydrogen) atoms. The monoisotopic (exact) mass is 236 g/mol. The highest BCUT2D eigenvalue weighted by atomic mass is 16.2. The molecule has 1 amide bonds. The van der Waals surface area contributed by atoms with Gasteiger partial charge in [0.25, 0.3) is 11.5 Å². The standard InChI is InChI=1S/C11H16N4O2/c16-10-4-3-9(14-15-10)11(17)13-7-8-2-1-5-12-6-8/h3-4,8,12H,1-2,5-7H2,(H,13,17)(H,15,16). The van der Waals surface area contributed by atoms with E-state index in [2.05, 4.69) is 20.8 Å². The van der Waals surface area contributed by atoms with Crippen LogP contribution in [0.15, 0.2) is 16.9 Å². The fourth-order valence-electron chi connectivity index (χ4n) is 1.90. The maximum absolute atomic E-state index is 11.7. The highest BCUT2D eigenvalue weighted by Gasteiger charge is 2.14. The van der Waals surface area contributed by atoms with Gasteiger partial charge in [-0.2, -0.15) is 5.10 Å². The lowest BCUT2D eigenvalue weighted by atomic mass is 10.00. The predicted molar refractivity (Wildman–Crippen MR) is 62.8 cm³/mol. The van der Waals surface area contributed by atoms with Crippen LogP contribution in [0.25, 0.3) is 0 Å². The Hall–Kier alpha value is -1.69. The summed E-state index contributed by atoms with van der Waals surface area (Å²) >= 11 is 0. The van der Waals surface area contributed by atoms with Crippen molar-refractivity contribution in [2.45, 2.75) is 12.8 Å². The van der Waals surface area contributed by atoms with E-state index in [1.807, 2.05) is 0 Å². The van der Waals surface area contributed by atoms with Crippen LogP contribution >= 0.6 is 0 Å². The summed E-state index contributed by atoms with van der Waals surface area (Å²) in [6, 6.07) is 2.72. The van der Waals surface area contributed by atoms with Crippen molar-refractivity contribution in [3.63, 3.8) is 0 Å². The van der Waals surface area contributed by atoms with E-state index in [4.69, 9.17) is 0 Å². The third kappa shape index (κ3) is 3.39. The first-order valence-corrected chi connectivity index (χ1v) is 5.80. The van der Waals surface area contributed by atoms with Gasteiger partial charge in [-0.15, -0.1) is 0 Å². The Balaban J connectivity index is 1.84. The maximum atomic E-state index is 11.7. The smallest absolute Gasteiger partial charge is 0.271 e. The zero-order chi connectivity index (χ0) is 12.1. The molecule has 0 aromatic carbocycles. The first-order chi connectivity index (χ1) is 8.25. The Morgan fingerprint density at radius 2 is 2.41 bits per heavy atom. The average Bonchev–Trinajstić information content (AvgIpc) is 2.38. The highest BCUT2D eigenvalue weighted by Crippen LogP contribution is 2.08. The van der Waals surface area contributed by atoms with Crippen LogP contribution in [0.2, 0.25) is 0 Å². The SMILES string of the molecule is O=C(NCC1CCCNC1)c1ccc(=O)[nH]n1. The van der Waals surface area contributed by atoms with E-state index in [1.54, 1.807) is 0 Å². The zero-order valence-electron chi connectivity index (χ0n) is 9.53. The summed E-state index contributed by atoms with van der Waals surface area (Å²) in [6.07, 6.45) is 2.28. The number of aromatic nitrogens is 2. The molecule has 92 valence electrons. The number of H-pyrrole nitrogens is 1. The van der Waals surface area contributed by atoms with E-state index in [0.29, 0.717) is 12.5 Å². The van der Waals surface area contributed by atoms with E-state index < -0.39 is 0 Å². The number of aromatic amines is 1. The maximum Gasteiger partial charge on any atom is 0.271 e. The van der Waals surface area contributed by atoms with Gasteiger partial charge in [-0.25, -0.2) is 5.10 Å². The number of rotatable bonds is 3. The van der Waals surface area contributed by atoms with Gasteiger partial charge in [0.05, 0.1) is 0 Å². The normalized spacial score (nSPS) is 19.9. The molecule has 1 fully saturated rings. The molecule has 0 aliphatic carbocycles. The van der Waals surface area contributed by atoms with E-state index in [0.717, 1.165) is 25.9 Å². The number of carbonyl (C=O) groups is 1. The van der Waals surface area contributed by atoms with Gasteiger partial charge < -0.3 is 10.6 Å². The summed E-state index contributed by atoms with van der Waals surface area (Å²) in [5.74, 6) is 0.238. The van der Waals surface area contributed by atoms with Gasteiger partial charge >= 0.3 is 0 Å². The van der Waals surface area contributed by atoms with Crippen molar-refractivity contribution in [1.82, 2.24) is 20.8 Å². The van der Waals surface area contributed by atoms with Crippen LogP contribution in [0.4, 0.5) is 0 Å². The molecule has 0 radical (unpaired) electrons. The lowest BCUT2D eigenvalue weighted by Gasteiger charge is -2.22. The van der Waals surface area contributed by atoms with Crippen LogP contribution in [-0.4, -0.2) is 35.7 Å². The van der Waals surface area contributed by atoms with Gasteiger partial charge in [0.15, 0.2) is 0 Å². The Bertz CT molecular complexity index is 417. The summed E-state index contributed by atoms with van der Waals surface area (Å²) in [7, 11) is 0.